The molecule has 0 saturated heterocycles. The molecule has 0 aliphatic heterocycles. The molecule has 0 N–H and O–H groups in total. The fourth-order valence-electron chi connectivity index (χ4n) is 1.33. The maximum atomic E-state index is 12.0. The standard InChI is InChI=1S/C8H10N4O2S/c1-7-8(6-11(2)10-7)15(13,14)12-5-3-4-9-12/h3-6H,1-2H3. The molecule has 2 aromatic heterocycles. The maximum Gasteiger partial charge on any atom is 0.286 e. The fourth-order valence-corrected chi connectivity index (χ4v) is 2.64. The first-order chi connectivity index (χ1) is 7.01. The molecule has 7 heteroatoms. The summed E-state index contributed by atoms with van der Waals surface area (Å²) in [6, 6.07) is 1.56. The number of aromatic nitrogens is 4. The largest absolute Gasteiger partial charge is 0.286 e. The molecular weight excluding hydrogens is 216 g/mol. The number of nitrogens with zero attached hydrogens (tertiary/aromatic N) is 4. The van der Waals surface area contributed by atoms with E-state index in [0.717, 1.165) is 4.09 Å². The molecule has 0 saturated carbocycles. The van der Waals surface area contributed by atoms with Crippen LogP contribution < -0.4 is 0 Å². The summed E-state index contributed by atoms with van der Waals surface area (Å²) in [5, 5.41) is 7.69. The van der Waals surface area contributed by atoms with Gasteiger partial charge in [0.05, 0.1) is 11.9 Å². The molecule has 80 valence electrons. The molecule has 0 amide bonds. The first-order valence-electron chi connectivity index (χ1n) is 4.27. The zero-order valence-corrected chi connectivity index (χ0v) is 9.14. The molecule has 6 nitrogen and oxygen atoms in total. The van der Waals surface area contributed by atoms with Crippen molar-refractivity contribution in [2.45, 2.75) is 11.8 Å². The highest BCUT2D eigenvalue weighted by Gasteiger charge is 2.21. The molecular formula is C8H10N4O2S. The van der Waals surface area contributed by atoms with E-state index in [1.54, 1.807) is 20.0 Å². The summed E-state index contributed by atoms with van der Waals surface area (Å²) < 4.78 is 26.3. The Morgan fingerprint density at radius 2 is 2.13 bits per heavy atom. The average Bonchev–Trinajstić information content (AvgIpc) is 2.74. The van der Waals surface area contributed by atoms with Crippen LogP contribution in [0.3, 0.4) is 0 Å². The van der Waals surface area contributed by atoms with E-state index in [4.69, 9.17) is 0 Å². The van der Waals surface area contributed by atoms with Crippen molar-refractivity contribution in [1.29, 1.82) is 0 Å². The number of rotatable bonds is 2. The summed E-state index contributed by atoms with van der Waals surface area (Å²) in [5.41, 5.74) is 0.466. The Hall–Kier alpha value is -1.63. The van der Waals surface area contributed by atoms with Gasteiger partial charge in [0.25, 0.3) is 10.0 Å². The van der Waals surface area contributed by atoms with E-state index in [1.807, 2.05) is 0 Å². The predicted octanol–water partition coefficient (Wildman–Crippen LogP) is 0.162. The van der Waals surface area contributed by atoms with Crippen molar-refractivity contribution in [3.05, 3.63) is 30.4 Å². The fraction of sp³-hybridized carbons (Fsp3) is 0.250. The maximum absolute atomic E-state index is 12.0. The van der Waals surface area contributed by atoms with Gasteiger partial charge in [-0.15, -0.1) is 0 Å². The van der Waals surface area contributed by atoms with Crippen molar-refractivity contribution >= 4 is 10.0 Å². The van der Waals surface area contributed by atoms with Crippen LogP contribution in [0.25, 0.3) is 0 Å². The molecule has 2 rings (SSSR count). The molecule has 0 fully saturated rings. The first kappa shape index (κ1) is 9.91. The zero-order chi connectivity index (χ0) is 11.1. The highest BCUT2D eigenvalue weighted by Crippen LogP contribution is 2.15. The van der Waals surface area contributed by atoms with Gasteiger partial charge in [-0.1, -0.05) is 0 Å². The summed E-state index contributed by atoms with van der Waals surface area (Å²) in [6.45, 7) is 1.65. The summed E-state index contributed by atoms with van der Waals surface area (Å²) in [6.07, 6.45) is 4.28. The summed E-state index contributed by atoms with van der Waals surface area (Å²) in [5.74, 6) is 0. The Balaban J connectivity index is 2.61. The molecule has 0 bridgehead atoms. The second-order valence-electron chi connectivity index (χ2n) is 3.14. The van der Waals surface area contributed by atoms with Gasteiger partial charge in [0.15, 0.2) is 0 Å². The molecule has 0 aliphatic rings. The average molecular weight is 226 g/mol. The third kappa shape index (κ3) is 1.54. The van der Waals surface area contributed by atoms with E-state index < -0.39 is 10.0 Å². The molecule has 0 aromatic carbocycles. The monoisotopic (exact) mass is 226 g/mol. The molecule has 0 atom stereocenters. The number of aryl methyl sites for hydroxylation is 2. The van der Waals surface area contributed by atoms with Crippen molar-refractivity contribution in [3.63, 3.8) is 0 Å². The van der Waals surface area contributed by atoms with Gasteiger partial charge in [0, 0.05) is 19.4 Å². The van der Waals surface area contributed by atoms with Gasteiger partial charge in [-0.25, -0.2) is 0 Å². The van der Waals surface area contributed by atoms with Crippen LogP contribution in [0.2, 0.25) is 0 Å². The van der Waals surface area contributed by atoms with E-state index in [9.17, 15) is 8.42 Å². The molecule has 2 heterocycles. The van der Waals surface area contributed by atoms with Gasteiger partial charge in [-0.05, 0) is 13.0 Å². The van der Waals surface area contributed by atoms with Gasteiger partial charge in [0.2, 0.25) is 0 Å². The Kier molecular flexibility index (Phi) is 2.11. The molecule has 0 radical (unpaired) electrons. The van der Waals surface area contributed by atoms with Crippen LogP contribution in [-0.4, -0.2) is 27.4 Å². The van der Waals surface area contributed by atoms with Crippen LogP contribution in [0, 0.1) is 6.92 Å². The minimum Gasteiger partial charge on any atom is -0.274 e. The van der Waals surface area contributed by atoms with Crippen LogP contribution in [0.4, 0.5) is 0 Å². The lowest BCUT2D eigenvalue weighted by molar-refractivity contribution is 0.579. The Morgan fingerprint density at radius 1 is 1.40 bits per heavy atom. The Labute approximate surface area is 87.2 Å². The molecule has 2 aromatic rings. The lowest BCUT2D eigenvalue weighted by Gasteiger charge is -2.01. The van der Waals surface area contributed by atoms with Gasteiger partial charge < -0.3 is 0 Å². The van der Waals surface area contributed by atoms with Crippen molar-refractivity contribution in [2.24, 2.45) is 7.05 Å². The first-order valence-corrected chi connectivity index (χ1v) is 5.71. The molecule has 0 spiro atoms. The van der Waals surface area contributed by atoms with E-state index in [2.05, 4.69) is 10.2 Å². The second kappa shape index (κ2) is 3.20. The van der Waals surface area contributed by atoms with Crippen molar-refractivity contribution in [2.75, 3.05) is 0 Å². The third-order valence-corrected chi connectivity index (χ3v) is 3.64. The molecule has 15 heavy (non-hydrogen) atoms. The van der Waals surface area contributed by atoms with Crippen molar-refractivity contribution in [3.8, 4) is 0 Å². The van der Waals surface area contributed by atoms with E-state index >= 15 is 0 Å². The van der Waals surface area contributed by atoms with E-state index in [-0.39, 0.29) is 4.90 Å². The van der Waals surface area contributed by atoms with E-state index in [0.29, 0.717) is 5.69 Å². The minimum absolute atomic E-state index is 0.175. The minimum atomic E-state index is -3.58. The van der Waals surface area contributed by atoms with Crippen LogP contribution in [0.1, 0.15) is 5.69 Å². The smallest absolute Gasteiger partial charge is 0.274 e. The predicted molar refractivity (Wildman–Crippen MR) is 52.8 cm³/mol. The SMILES string of the molecule is Cc1nn(C)cc1S(=O)(=O)n1cccn1. The quantitative estimate of drug-likeness (QED) is 0.731. The van der Waals surface area contributed by atoms with Crippen LogP contribution in [0.15, 0.2) is 29.6 Å². The van der Waals surface area contributed by atoms with Crippen molar-refractivity contribution < 1.29 is 8.42 Å². The van der Waals surface area contributed by atoms with E-state index in [1.165, 1.54) is 23.3 Å². The highest BCUT2D eigenvalue weighted by molar-refractivity contribution is 7.89. The summed E-state index contributed by atoms with van der Waals surface area (Å²) in [7, 11) is -1.91. The van der Waals surface area contributed by atoms with Crippen LogP contribution in [-0.2, 0) is 17.1 Å². The highest BCUT2D eigenvalue weighted by atomic mass is 32.2. The van der Waals surface area contributed by atoms with Crippen LogP contribution in [0.5, 0.6) is 0 Å². The number of hydrogen-bond donors (Lipinski definition) is 0. The van der Waals surface area contributed by atoms with Crippen LogP contribution >= 0.6 is 0 Å². The second-order valence-corrected chi connectivity index (χ2v) is 4.90. The van der Waals surface area contributed by atoms with Gasteiger partial charge in [-0.2, -0.15) is 22.7 Å². The zero-order valence-electron chi connectivity index (χ0n) is 8.32. The topological polar surface area (TPSA) is 69.8 Å². The Morgan fingerprint density at radius 3 is 2.60 bits per heavy atom. The molecule has 0 unspecified atom stereocenters. The van der Waals surface area contributed by atoms with Gasteiger partial charge in [-0.3, -0.25) is 4.68 Å². The molecule has 0 aliphatic carbocycles. The normalized spacial score (nSPS) is 11.9. The third-order valence-electron chi connectivity index (χ3n) is 1.97. The lowest BCUT2D eigenvalue weighted by atomic mass is 10.5. The summed E-state index contributed by atoms with van der Waals surface area (Å²) >= 11 is 0. The Bertz CT molecular complexity index is 568. The van der Waals surface area contributed by atoms with Crippen molar-refractivity contribution in [1.82, 2.24) is 19.0 Å². The lowest BCUT2D eigenvalue weighted by Crippen LogP contribution is -2.13. The van der Waals surface area contributed by atoms with Gasteiger partial charge in [0.1, 0.15) is 4.90 Å². The summed E-state index contributed by atoms with van der Waals surface area (Å²) in [4.78, 5) is 0.175. The van der Waals surface area contributed by atoms with Gasteiger partial charge >= 0.3 is 0 Å². The number of hydrogen-bond acceptors (Lipinski definition) is 4.